The first-order chi connectivity index (χ1) is 14.1. The molecule has 0 bridgehead atoms. The Kier molecular flexibility index (Phi) is 5.55. The van der Waals surface area contributed by atoms with E-state index in [1.54, 1.807) is 18.2 Å². The number of amides is 1. The average molecular weight is 391 g/mol. The number of nitrogens with one attached hydrogen (secondary N) is 1. The van der Waals surface area contributed by atoms with Crippen molar-refractivity contribution in [3.63, 3.8) is 0 Å². The number of piperidine rings is 1. The fourth-order valence-corrected chi connectivity index (χ4v) is 3.62. The summed E-state index contributed by atoms with van der Waals surface area (Å²) >= 11 is 0. The van der Waals surface area contributed by atoms with Crippen LogP contribution in [0.15, 0.2) is 53.3 Å². The van der Waals surface area contributed by atoms with Gasteiger partial charge < -0.3 is 10.2 Å². The van der Waals surface area contributed by atoms with E-state index in [0.29, 0.717) is 10.9 Å². The summed E-state index contributed by atoms with van der Waals surface area (Å²) < 4.78 is 1.24. The van der Waals surface area contributed by atoms with Gasteiger partial charge in [-0.3, -0.25) is 9.59 Å². The summed E-state index contributed by atoms with van der Waals surface area (Å²) in [6, 6.07) is 15.0. The van der Waals surface area contributed by atoms with Gasteiger partial charge in [0, 0.05) is 30.9 Å². The predicted molar refractivity (Wildman–Crippen MR) is 114 cm³/mol. The number of carbonyl (C=O) groups is 1. The quantitative estimate of drug-likeness (QED) is 0.723. The molecule has 2 heterocycles. The number of hydrogen-bond donors (Lipinski definition) is 1. The largest absolute Gasteiger partial charge is 0.372 e. The van der Waals surface area contributed by atoms with Crippen molar-refractivity contribution < 1.29 is 4.79 Å². The van der Waals surface area contributed by atoms with Crippen LogP contribution in [0.5, 0.6) is 0 Å². The van der Waals surface area contributed by atoms with Crippen molar-refractivity contribution in [2.75, 3.05) is 23.3 Å². The summed E-state index contributed by atoms with van der Waals surface area (Å²) in [7, 11) is 0. The minimum atomic E-state index is -0.233. The molecule has 0 spiro atoms. The van der Waals surface area contributed by atoms with Crippen molar-refractivity contribution in [1.29, 1.82) is 0 Å². The first kappa shape index (κ1) is 19.1. The Morgan fingerprint density at radius 1 is 1.10 bits per heavy atom. The molecule has 0 radical (unpaired) electrons. The number of benzene rings is 2. The van der Waals surface area contributed by atoms with Crippen LogP contribution in [0.4, 0.5) is 11.4 Å². The Bertz CT molecular complexity index is 1050. The second kappa shape index (κ2) is 8.43. The molecule has 0 saturated carbocycles. The van der Waals surface area contributed by atoms with E-state index in [4.69, 9.17) is 0 Å². The van der Waals surface area contributed by atoms with Crippen molar-refractivity contribution >= 4 is 28.2 Å². The molecule has 1 fully saturated rings. The Balaban J connectivity index is 1.34. The standard InChI is InChI=1S/C22H25N5O2/c1-16-10-13-26(14-11-16)18-8-6-17(7-9-18)23-21(28)12-15-27-22(29)19-4-2-3-5-20(19)24-25-27/h2-9,16H,10-15H2,1H3,(H,23,28). The second-order valence-corrected chi connectivity index (χ2v) is 7.65. The van der Waals surface area contributed by atoms with Gasteiger partial charge in [0.1, 0.15) is 5.52 Å². The number of fused-ring (bicyclic) bond motifs is 1. The van der Waals surface area contributed by atoms with Gasteiger partial charge in [0.15, 0.2) is 0 Å². The van der Waals surface area contributed by atoms with E-state index in [9.17, 15) is 9.59 Å². The number of anilines is 2. The first-order valence-corrected chi connectivity index (χ1v) is 10.1. The van der Waals surface area contributed by atoms with Crippen LogP contribution in [0.25, 0.3) is 10.9 Å². The zero-order valence-corrected chi connectivity index (χ0v) is 16.5. The molecule has 1 aliphatic heterocycles. The molecular weight excluding hydrogens is 366 g/mol. The Labute approximate surface area is 169 Å². The van der Waals surface area contributed by atoms with Gasteiger partial charge in [-0.2, -0.15) is 0 Å². The molecule has 1 amide bonds. The smallest absolute Gasteiger partial charge is 0.277 e. The number of aromatic nitrogens is 3. The summed E-state index contributed by atoms with van der Waals surface area (Å²) in [5.74, 6) is 0.635. The van der Waals surface area contributed by atoms with E-state index in [0.717, 1.165) is 24.7 Å². The topological polar surface area (TPSA) is 80.1 Å². The van der Waals surface area contributed by atoms with Crippen LogP contribution >= 0.6 is 0 Å². The number of carbonyl (C=O) groups excluding carboxylic acids is 1. The molecule has 4 rings (SSSR count). The number of aryl methyl sites for hydroxylation is 1. The molecule has 150 valence electrons. The average Bonchev–Trinajstić information content (AvgIpc) is 2.75. The molecule has 7 nitrogen and oxygen atoms in total. The van der Waals surface area contributed by atoms with E-state index in [2.05, 4.69) is 27.5 Å². The first-order valence-electron chi connectivity index (χ1n) is 10.1. The van der Waals surface area contributed by atoms with Gasteiger partial charge in [0.2, 0.25) is 5.91 Å². The van der Waals surface area contributed by atoms with Crippen molar-refractivity contribution in [2.24, 2.45) is 5.92 Å². The summed E-state index contributed by atoms with van der Waals surface area (Å²) in [6.07, 6.45) is 2.59. The lowest BCUT2D eigenvalue weighted by Gasteiger charge is -2.32. The van der Waals surface area contributed by atoms with E-state index in [1.807, 2.05) is 30.3 Å². The van der Waals surface area contributed by atoms with Gasteiger partial charge in [0.05, 0.1) is 11.9 Å². The van der Waals surface area contributed by atoms with Gasteiger partial charge in [-0.05, 0) is 55.2 Å². The Morgan fingerprint density at radius 2 is 1.83 bits per heavy atom. The molecule has 1 aliphatic rings. The third-order valence-corrected chi connectivity index (χ3v) is 5.48. The van der Waals surface area contributed by atoms with Gasteiger partial charge in [-0.1, -0.05) is 24.3 Å². The molecule has 0 unspecified atom stereocenters. The molecule has 7 heteroatoms. The van der Waals surface area contributed by atoms with E-state index in [-0.39, 0.29) is 24.4 Å². The molecule has 0 aliphatic carbocycles. The summed E-state index contributed by atoms with van der Waals surface area (Å²) in [6.45, 7) is 4.64. The Morgan fingerprint density at radius 3 is 2.59 bits per heavy atom. The monoisotopic (exact) mass is 391 g/mol. The lowest BCUT2D eigenvalue weighted by atomic mass is 9.99. The molecule has 2 aromatic carbocycles. The fourth-order valence-electron chi connectivity index (χ4n) is 3.62. The lowest BCUT2D eigenvalue weighted by Crippen LogP contribution is -2.32. The lowest BCUT2D eigenvalue weighted by molar-refractivity contribution is -0.116. The van der Waals surface area contributed by atoms with Crippen LogP contribution in [-0.2, 0) is 11.3 Å². The minimum Gasteiger partial charge on any atom is -0.372 e. The van der Waals surface area contributed by atoms with E-state index in [1.165, 1.54) is 23.2 Å². The van der Waals surface area contributed by atoms with Crippen molar-refractivity contribution in [2.45, 2.75) is 32.7 Å². The zero-order chi connectivity index (χ0) is 20.2. The molecule has 1 saturated heterocycles. The SMILES string of the molecule is CC1CCN(c2ccc(NC(=O)CCn3nnc4ccccc4c3=O)cc2)CC1. The highest BCUT2D eigenvalue weighted by Crippen LogP contribution is 2.24. The van der Waals surface area contributed by atoms with Gasteiger partial charge in [-0.25, -0.2) is 4.68 Å². The number of nitrogens with zero attached hydrogens (tertiary/aromatic N) is 4. The normalized spacial score (nSPS) is 14.9. The maximum atomic E-state index is 12.4. The van der Waals surface area contributed by atoms with E-state index < -0.39 is 0 Å². The van der Waals surface area contributed by atoms with Gasteiger partial charge in [0.25, 0.3) is 5.56 Å². The fraction of sp³-hybridized carbons (Fsp3) is 0.364. The molecule has 0 atom stereocenters. The molecule has 1 aromatic heterocycles. The van der Waals surface area contributed by atoms with Crippen LogP contribution < -0.4 is 15.8 Å². The van der Waals surface area contributed by atoms with Crippen molar-refractivity contribution in [3.05, 3.63) is 58.9 Å². The number of rotatable bonds is 5. The molecule has 1 N–H and O–H groups in total. The highest BCUT2D eigenvalue weighted by Gasteiger charge is 2.16. The maximum absolute atomic E-state index is 12.4. The van der Waals surface area contributed by atoms with Crippen LogP contribution in [0.1, 0.15) is 26.2 Å². The highest BCUT2D eigenvalue weighted by atomic mass is 16.2. The van der Waals surface area contributed by atoms with Gasteiger partial charge >= 0.3 is 0 Å². The van der Waals surface area contributed by atoms with Crippen molar-refractivity contribution in [1.82, 2.24) is 15.0 Å². The number of hydrogen-bond acceptors (Lipinski definition) is 5. The highest BCUT2D eigenvalue weighted by molar-refractivity contribution is 5.90. The second-order valence-electron chi connectivity index (χ2n) is 7.65. The van der Waals surface area contributed by atoms with E-state index >= 15 is 0 Å². The third kappa shape index (κ3) is 4.45. The summed E-state index contributed by atoms with van der Waals surface area (Å²) in [4.78, 5) is 27.1. The summed E-state index contributed by atoms with van der Waals surface area (Å²) in [5, 5.41) is 11.4. The minimum absolute atomic E-state index is 0.151. The van der Waals surface area contributed by atoms with Crippen LogP contribution in [-0.4, -0.2) is 34.0 Å². The van der Waals surface area contributed by atoms with Crippen molar-refractivity contribution in [3.8, 4) is 0 Å². The predicted octanol–water partition coefficient (Wildman–Crippen LogP) is 3.06. The molecule has 3 aromatic rings. The third-order valence-electron chi connectivity index (χ3n) is 5.48. The zero-order valence-electron chi connectivity index (χ0n) is 16.5. The molecule has 29 heavy (non-hydrogen) atoms. The van der Waals surface area contributed by atoms with Crippen LogP contribution in [0, 0.1) is 5.92 Å². The molecular formula is C22H25N5O2. The van der Waals surface area contributed by atoms with Crippen LogP contribution in [0.3, 0.4) is 0 Å². The van der Waals surface area contributed by atoms with Crippen LogP contribution in [0.2, 0.25) is 0 Å². The maximum Gasteiger partial charge on any atom is 0.277 e. The summed E-state index contributed by atoms with van der Waals surface area (Å²) in [5.41, 5.74) is 2.26. The van der Waals surface area contributed by atoms with Gasteiger partial charge in [-0.15, -0.1) is 5.10 Å². The Hall–Kier alpha value is -3.22.